The minimum atomic E-state index is -5.18. The highest BCUT2D eigenvalue weighted by molar-refractivity contribution is 6.32. The third-order valence-electron chi connectivity index (χ3n) is 10.0. The molecular formula is C30H31ClF7N7O. The monoisotopic (exact) mass is 673 g/mol. The average molecular weight is 674 g/mol. The van der Waals surface area contributed by atoms with Gasteiger partial charge in [0.05, 0.1) is 38.2 Å². The van der Waals surface area contributed by atoms with Crippen LogP contribution in [0.2, 0.25) is 5.02 Å². The second-order valence-corrected chi connectivity index (χ2v) is 14.0. The van der Waals surface area contributed by atoms with E-state index in [4.69, 9.17) is 27.8 Å². The van der Waals surface area contributed by atoms with Crippen molar-refractivity contribution in [2.45, 2.75) is 68.6 Å². The Morgan fingerprint density at radius 1 is 1.04 bits per heavy atom. The molecular weight excluding hydrogens is 643 g/mol. The van der Waals surface area contributed by atoms with Gasteiger partial charge in [0, 0.05) is 37.8 Å². The van der Waals surface area contributed by atoms with E-state index in [9.17, 15) is 22.0 Å². The topological polar surface area (TPSA) is 106 Å². The molecule has 3 saturated heterocycles. The van der Waals surface area contributed by atoms with Crippen molar-refractivity contribution in [1.29, 1.82) is 0 Å². The minimum absolute atomic E-state index is 0.0355. The summed E-state index contributed by atoms with van der Waals surface area (Å²) in [5, 5.41) is -0.894. The van der Waals surface area contributed by atoms with Crippen molar-refractivity contribution in [3.05, 3.63) is 34.5 Å². The molecule has 3 aromatic rings. The molecule has 4 N–H and O–H groups in total. The summed E-state index contributed by atoms with van der Waals surface area (Å²) in [7, 11) is 0. The molecule has 7 rings (SSSR count). The molecule has 248 valence electrons. The van der Waals surface area contributed by atoms with Crippen molar-refractivity contribution in [2.24, 2.45) is 11.1 Å². The van der Waals surface area contributed by atoms with Crippen molar-refractivity contribution in [2.75, 3.05) is 43.4 Å². The van der Waals surface area contributed by atoms with Crippen LogP contribution in [-0.4, -0.2) is 69.6 Å². The smallest absolute Gasteiger partial charge is 0.418 e. The van der Waals surface area contributed by atoms with Crippen molar-refractivity contribution >= 4 is 34.0 Å². The number of halogens is 8. The van der Waals surface area contributed by atoms with Gasteiger partial charge in [0.25, 0.3) is 5.92 Å². The molecule has 0 amide bonds. The van der Waals surface area contributed by atoms with Crippen LogP contribution >= 0.6 is 11.6 Å². The fraction of sp³-hybridized carbons (Fsp3) is 0.567. The van der Waals surface area contributed by atoms with Crippen LogP contribution in [0.5, 0.6) is 6.01 Å². The maximum atomic E-state index is 16.4. The maximum Gasteiger partial charge on any atom is 0.418 e. The normalized spacial score (nSPS) is 29.1. The number of rotatable bonds is 5. The van der Waals surface area contributed by atoms with Crippen molar-refractivity contribution in [3.63, 3.8) is 0 Å². The number of hydrogen-bond acceptors (Lipinski definition) is 8. The molecule has 3 aliphatic heterocycles. The third kappa shape index (κ3) is 4.91. The van der Waals surface area contributed by atoms with E-state index in [1.54, 1.807) is 4.90 Å². The van der Waals surface area contributed by atoms with Gasteiger partial charge in [0.2, 0.25) is 0 Å². The molecule has 0 bridgehead atoms. The van der Waals surface area contributed by atoms with Gasteiger partial charge in [-0.05, 0) is 51.6 Å². The van der Waals surface area contributed by atoms with Crippen molar-refractivity contribution in [3.8, 4) is 17.3 Å². The number of nitrogens with zero attached hydrogens (tertiary/aromatic N) is 5. The number of alkyl halides is 5. The molecule has 0 radical (unpaired) electrons. The molecule has 4 aliphatic rings. The second kappa shape index (κ2) is 10.2. The molecule has 8 nitrogen and oxygen atoms in total. The lowest BCUT2D eigenvalue weighted by Crippen LogP contribution is -2.52. The molecule has 16 heteroatoms. The molecule has 3 unspecified atom stereocenters. The van der Waals surface area contributed by atoms with Gasteiger partial charge < -0.3 is 21.1 Å². The van der Waals surface area contributed by atoms with E-state index in [-0.39, 0.29) is 43.2 Å². The summed E-state index contributed by atoms with van der Waals surface area (Å²) in [6, 6.07) is 0.292. The summed E-state index contributed by atoms with van der Waals surface area (Å²) in [5.41, 5.74) is 4.50. The largest absolute Gasteiger partial charge is 0.461 e. The van der Waals surface area contributed by atoms with Crippen molar-refractivity contribution in [1.82, 2.24) is 19.9 Å². The van der Waals surface area contributed by atoms with E-state index in [1.807, 2.05) is 11.8 Å². The number of benzene rings is 1. The van der Waals surface area contributed by atoms with Crippen LogP contribution in [0.3, 0.4) is 0 Å². The first-order valence-electron chi connectivity index (χ1n) is 15.0. The Morgan fingerprint density at radius 2 is 1.76 bits per heavy atom. The molecule has 46 heavy (non-hydrogen) atoms. The number of nitrogen functional groups attached to an aromatic ring is 1. The molecule has 1 saturated carbocycles. The van der Waals surface area contributed by atoms with Crippen LogP contribution < -0.4 is 21.1 Å². The van der Waals surface area contributed by atoms with Gasteiger partial charge in [-0.25, -0.2) is 17.6 Å². The quantitative estimate of drug-likeness (QED) is 0.244. The maximum absolute atomic E-state index is 16.4. The summed E-state index contributed by atoms with van der Waals surface area (Å²) >= 11 is 5.85. The Labute approximate surface area is 264 Å². The third-order valence-corrected chi connectivity index (χ3v) is 10.3. The van der Waals surface area contributed by atoms with Crippen LogP contribution in [-0.2, 0) is 6.18 Å². The minimum Gasteiger partial charge on any atom is -0.461 e. The van der Waals surface area contributed by atoms with E-state index in [0.29, 0.717) is 45.0 Å². The van der Waals surface area contributed by atoms with E-state index in [1.165, 1.54) is 0 Å². The summed E-state index contributed by atoms with van der Waals surface area (Å²) in [6.07, 6.45) is -1.31. The molecule has 1 aromatic carbocycles. The molecule has 1 aliphatic carbocycles. The Bertz CT molecular complexity index is 1760. The number of nitrogens with two attached hydrogens (primary N) is 2. The van der Waals surface area contributed by atoms with Crippen LogP contribution in [0.1, 0.15) is 51.0 Å². The SMILES string of the molecule is CC1(N)CCCN(c2nc(OCC34CCCN3CC3(C4)CC3(F)F)nc3c(F)c(-c4c(F)c(N)cc(Cl)c4C(F)(F)F)ncc23)C1. The number of fused-ring (bicyclic) bond motifs is 2. The molecule has 2 aromatic heterocycles. The van der Waals surface area contributed by atoms with E-state index < -0.39 is 73.3 Å². The van der Waals surface area contributed by atoms with Gasteiger partial charge >= 0.3 is 12.2 Å². The number of aromatic nitrogens is 3. The molecule has 3 atom stereocenters. The highest BCUT2D eigenvalue weighted by Gasteiger charge is 2.77. The standard InChI is InChI=1S/C30H31ClF7N7O/c1-26(40)4-2-6-44(12-26)24-15-9-41-23(18-19(30(36,37)38)16(31)8-17(39)20(18)32)21(33)22(15)42-25(43-24)46-14-28-5-3-7-45(28)13-27(10-28)11-29(27,34)35/h8-9H,2-7,10-14,39-40H2,1H3. The summed E-state index contributed by atoms with van der Waals surface area (Å²) < 4.78 is 109. The van der Waals surface area contributed by atoms with Gasteiger partial charge in [-0.2, -0.15) is 23.1 Å². The van der Waals surface area contributed by atoms with Gasteiger partial charge in [-0.3, -0.25) is 9.88 Å². The number of piperidine rings is 1. The van der Waals surface area contributed by atoms with E-state index in [2.05, 4.69) is 15.0 Å². The number of hydrogen-bond donors (Lipinski definition) is 2. The molecule has 5 heterocycles. The number of anilines is 2. The predicted octanol–water partition coefficient (Wildman–Crippen LogP) is 6.18. The summed E-state index contributed by atoms with van der Waals surface area (Å²) in [6.45, 7) is 3.44. The van der Waals surface area contributed by atoms with Gasteiger partial charge in [-0.15, -0.1) is 0 Å². The zero-order chi connectivity index (χ0) is 33.0. The zero-order valence-electron chi connectivity index (χ0n) is 24.8. The predicted molar refractivity (Wildman–Crippen MR) is 157 cm³/mol. The number of ether oxygens (including phenoxy) is 1. The summed E-state index contributed by atoms with van der Waals surface area (Å²) in [4.78, 5) is 16.5. The van der Waals surface area contributed by atoms with E-state index in [0.717, 1.165) is 12.6 Å². The van der Waals surface area contributed by atoms with Crippen LogP contribution in [0, 0.1) is 17.0 Å². The van der Waals surface area contributed by atoms with Gasteiger partial charge in [0.1, 0.15) is 23.6 Å². The summed E-state index contributed by atoms with van der Waals surface area (Å²) in [5.74, 6) is -5.49. The molecule has 4 fully saturated rings. The van der Waals surface area contributed by atoms with Crippen LogP contribution in [0.15, 0.2) is 12.3 Å². The Balaban J connectivity index is 1.35. The fourth-order valence-corrected chi connectivity index (χ4v) is 8.06. The first-order valence-corrected chi connectivity index (χ1v) is 15.3. The van der Waals surface area contributed by atoms with Crippen molar-refractivity contribution < 1.29 is 35.5 Å². The van der Waals surface area contributed by atoms with Crippen LogP contribution in [0.25, 0.3) is 22.2 Å². The fourth-order valence-electron chi connectivity index (χ4n) is 7.75. The Morgan fingerprint density at radius 3 is 2.43 bits per heavy atom. The highest BCUT2D eigenvalue weighted by atomic mass is 35.5. The lowest BCUT2D eigenvalue weighted by Gasteiger charge is -2.39. The average Bonchev–Trinajstić information content (AvgIpc) is 3.18. The highest BCUT2D eigenvalue weighted by Crippen LogP contribution is 2.69. The van der Waals surface area contributed by atoms with Gasteiger partial charge in [-0.1, -0.05) is 11.6 Å². The lowest BCUT2D eigenvalue weighted by molar-refractivity contribution is -0.137. The van der Waals surface area contributed by atoms with Crippen LogP contribution in [0.4, 0.5) is 42.2 Å². The Hall–Kier alpha value is -3.17. The van der Waals surface area contributed by atoms with Gasteiger partial charge in [0.15, 0.2) is 11.6 Å². The first-order chi connectivity index (χ1) is 21.5. The lowest BCUT2D eigenvalue weighted by atomic mass is 9.89. The second-order valence-electron chi connectivity index (χ2n) is 13.6. The zero-order valence-corrected chi connectivity index (χ0v) is 25.5. The number of pyridine rings is 1. The first kappa shape index (κ1) is 31.4. The van der Waals surface area contributed by atoms with E-state index >= 15 is 8.78 Å². The Kier molecular flexibility index (Phi) is 6.94. The molecule has 1 spiro atoms.